The van der Waals surface area contributed by atoms with Gasteiger partial charge in [0.15, 0.2) is 0 Å². The Morgan fingerprint density at radius 3 is 2.38 bits per heavy atom. The third-order valence-corrected chi connectivity index (χ3v) is 7.83. The normalized spacial score (nSPS) is 43.6. The zero-order valence-electron chi connectivity index (χ0n) is 16.7. The third-order valence-electron chi connectivity index (χ3n) is 7.34. The van der Waals surface area contributed by atoms with Gasteiger partial charge in [-0.1, -0.05) is 0 Å². The Bertz CT molecular complexity index is 622. The quantitative estimate of drug-likeness (QED) is 0.607. The summed E-state index contributed by atoms with van der Waals surface area (Å²) in [5, 5.41) is 5.60. The molecule has 8 heteroatoms. The van der Waals surface area contributed by atoms with Crippen LogP contribution in [0.25, 0.3) is 0 Å². The van der Waals surface area contributed by atoms with E-state index < -0.39 is 17.7 Å². The van der Waals surface area contributed by atoms with Crippen LogP contribution in [0.1, 0.15) is 64.2 Å². The van der Waals surface area contributed by atoms with Gasteiger partial charge in [-0.15, -0.1) is 11.6 Å². The summed E-state index contributed by atoms with van der Waals surface area (Å²) in [5.41, 5.74) is -0.619. The van der Waals surface area contributed by atoms with Gasteiger partial charge in [-0.25, -0.2) is 8.78 Å². The summed E-state index contributed by atoms with van der Waals surface area (Å²) in [4.78, 5) is 24.8. The van der Waals surface area contributed by atoms with Gasteiger partial charge >= 0.3 is 0 Å². The van der Waals surface area contributed by atoms with E-state index in [1.54, 1.807) is 0 Å². The highest BCUT2D eigenvalue weighted by atomic mass is 35.5. The number of alkyl halides is 3. The fraction of sp³-hybridized carbons (Fsp3) is 0.905. The number of nitrogens with one attached hydrogen (secondary N) is 2. The van der Waals surface area contributed by atoms with Gasteiger partial charge < -0.3 is 15.4 Å². The second-order valence-electron chi connectivity index (χ2n) is 9.75. The van der Waals surface area contributed by atoms with E-state index in [9.17, 15) is 18.4 Å². The number of amides is 2. The first-order chi connectivity index (χ1) is 13.8. The average molecular weight is 433 g/mol. The molecule has 164 valence electrons. The Labute approximate surface area is 175 Å². The Kier molecular flexibility index (Phi) is 6.09. The molecule has 0 aromatic carbocycles. The predicted octanol–water partition coefficient (Wildman–Crippen LogP) is 3.18. The number of ether oxygens (including phenoxy) is 1. The average Bonchev–Trinajstić information content (AvgIpc) is 2.63. The van der Waals surface area contributed by atoms with Crippen LogP contribution in [0.2, 0.25) is 0 Å². The molecule has 2 N–H and O–H groups in total. The fourth-order valence-corrected chi connectivity index (χ4v) is 5.86. The lowest BCUT2D eigenvalue weighted by Crippen LogP contribution is -2.78. The van der Waals surface area contributed by atoms with Crippen LogP contribution in [0.15, 0.2) is 0 Å². The molecule has 0 heterocycles. The fourth-order valence-electron chi connectivity index (χ4n) is 5.63. The maximum atomic E-state index is 13.6. The van der Waals surface area contributed by atoms with Gasteiger partial charge in [-0.3, -0.25) is 9.59 Å². The van der Waals surface area contributed by atoms with Crippen molar-refractivity contribution in [3.05, 3.63) is 0 Å². The molecule has 29 heavy (non-hydrogen) atoms. The minimum absolute atomic E-state index is 0.0686. The summed E-state index contributed by atoms with van der Waals surface area (Å²) >= 11 is 5.87. The number of halogens is 3. The van der Waals surface area contributed by atoms with E-state index in [4.69, 9.17) is 16.3 Å². The summed E-state index contributed by atoms with van der Waals surface area (Å²) in [7, 11) is 0. The second kappa shape index (κ2) is 8.29. The first-order valence-corrected chi connectivity index (χ1v) is 11.4. The van der Waals surface area contributed by atoms with Gasteiger partial charge in [0.25, 0.3) is 0 Å². The van der Waals surface area contributed by atoms with Gasteiger partial charge in [-0.05, 0) is 63.7 Å². The largest absolute Gasteiger partial charge is 0.368 e. The molecule has 2 bridgehead atoms. The molecule has 5 rings (SSSR count). The van der Waals surface area contributed by atoms with Gasteiger partial charge in [0, 0.05) is 18.5 Å². The van der Waals surface area contributed by atoms with Gasteiger partial charge in [-0.2, -0.15) is 0 Å². The van der Waals surface area contributed by atoms with E-state index in [1.165, 1.54) is 0 Å². The van der Waals surface area contributed by atoms with E-state index in [2.05, 4.69) is 10.6 Å². The van der Waals surface area contributed by atoms with E-state index in [-0.39, 0.29) is 41.9 Å². The molecule has 0 saturated heterocycles. The number of hydrogen-bond acceptors (Lipinski definition) is 3. The molecular formula is C21H31ClF2N2O3. The summed E-state index contributed by atoms with van der Waals surface area (Å²) in [5.74, 6) is 0.242. The van der Waals surface area contributed by atoms with Crippen LogP contribution in [0, 0.1) is 11.3 Å². The minimum atomic E-state index is -1.08. The molecule has 3 unspecified atom stereocenters. The summed E-state index contributed by atoms with van der Waals surface area (Å²) in [6.07, 6.45) is 4.32. The Balaban J connectivity index is 1.13. The van der Waals surface area contributed by atoms with Crippen molar-refractivity contribution in [2.45, 2.75) is 93.6 Å². The zero-order chi connectivity index (χ0) is 20.6. The lowest BCUT2D eigenvalue weighted by molar-refractivity contribution is -0.185. The summed E-state index contributed by atoms with van der Waals surface area (Å²) in [6, 6.07) is 0. The van der Waals surface area contributed by atoms with Crippen LogP contribution in [-0.4, -0.2) is 54.3 Å². The van der Waals surface area contributed by atoms with Crippen molar-refractivity contribution < 1.29 is 23.1 Å². The van der Waals surface area contributed by atoms with Crippen LogP contribution >= 0.6 is 11.6 Å². The highest BCUT2D eigenvalue weighted by molar-refractivity contribution is 6.21. The molecule has 0 aliphatic heterocycles. The van der Waals surface area contributed by atoms with Crippen LogP contribution < -0.4 is 10.6 Å². The van der Waals surface area contributed by atoms with Gasteiger partial charge in [0.05, 0.1) is 16.9 Å². The Morgan fingerprint density at radius 1 is 1.03 bits per heavy atom. The SMILES string of the molecule is O=C(COC1CCC(Cl)C(F)C1)NC12CC(C(=O)NCC3CCC(F)CC3)(C1)C2. The first-order valence-electron chi connectivity index (χ1n) is 10.9. The molecule has 5 aliphatic rings. The molecule has 5 fully saturated rings. The van der Waals surface area contributed by atoms with Crippen molar-refractivity contribution in [1.29, 1.82) is 0 Å². The smallest absolute Gasteiger partial charge is 0.246 e. The van der Waals surface area contributed by atoms with Crippen molar-refractivity contribution in [2.75, 3.05) is 13.2 Å². The predicted molar refractivity (Wildman–Crippen MR) is 105 cm³/mol. The molecule has 2 amide bonds. The van der Waals surface area contributed by atoms with Crippen LogP contribution in [0.3, 0.4) is 0 Å². The van der Waals surface area contributed by atoms with Crippen molar-refractivity contribution in [2.24, 2.45) is 11.3 Å². The van der Waals surface area contributed by atoms with Crippen LogP contribution in [-0.2, 0) is 14.3 Å². The van der Waals surface area contributed by atoms with Crippen molar-refractivity contribution in [1.82, 2.24) is 10.6 Å². The maximum Gasteiger partial charge on any atom is 0.246 e. The van der Waals surface area contributed by atoms with Crippen LogP contribution in [0.4, 0.5) is 8.78 Å². The van der Waals surface area contributed by atoms with Crippen molar-refractivity contribution in [3.63, 3.8) is 0 Å². The molecule has 0 aromatic rings. The van der Waals surface area contributed by atoms with Crippen molar-refractivity contribution in [3.8, 4) is 0 Å². The third kappa shape index (κ3) is 4.55. The van der Waals surface area contributed by atoms with Crippen LogP contribution in [0.5, 0.6) is 0 Å². The standard InChI is InChI=1S/C21H31ClF2N2O3/c22-16-6-5-15(7-17(16)24)29-9-18(27)26-21-10-20(11-21,12-21)19(28)25-8-13-1-3-14(23)4-2-13/h13-17H,1-12H2,(H,25,28)(H,26,27). The number of carbonyl (C=O) groups excluding carboxylic acids is 2. The van der Waals surface area contributed by atoms with Crippen molar-refractivity contribution >= 4 is 23.4 Å². The second-order valence-corrected chi connectivity index (χ2v) is 10.3. The highest BCUT2D eigenvalue weighted by Gasteiger charge is 2.72. The Hall–Kier alpha value is -0.950. The molecule has 3 atom stereocenters. The molecule has 5 nitrogen and oxygen atoms in total. The van der Waals surface area contributed by atoms with E-state index in [1.807, 2.05) is 0 Å². The minimum Gasteiger partial charge on any atom is -0.368 e. The number of rotatable bonds is 7. The Morgan fingerprint density at radius 2 is 1.72 bits per heavy atom. The summed E-state index contributed by atoms with van der Waals surface area (Å²) in [6.45, 7) is 0.545. The molecule has 0 aromatic heterocycles. The number of hydrogen-bond donors (Lipinski definition) is 2. The van der Waals surface area contributed by atoms with Gasteiger partial charge in [0.1, 0.15) is 19.0 Å². The molecule has 0 spiro atoms. The van der Waals surface area contributed by atoms with Gasteiger partial charge in [0.2, 0.25) is 11.8 Å². The molecule has 0 radical (unpaired) electrons. The lowest BCUT2D eigenvalue weighted by atomic mass is 9.39. The van der Waals surface area contributed by atoms with E-state index in [0.717, 1.165) is 12.8 Å². The molecular weight excluding hydrogens is 402 g/mol. The molecule has 5 saturated carbocycles. The lowest BCUT2D eigenvalue weighted by Gasteiger charge is -2.69. The highest BCUT2D eigenvalue weighted by Crippen LogP contribution is 2.67. The zero-order valence-corrected chi connectivity index (χ0v) is 17.5. The monoisotopic (exact) mass is 432 g/mol. The number of carbonyl (C=O) groups is 2. The maximum absolute atomic E-state index is 13.6. The first kappa shape index (κ1) is 21.3. The van der Waals surface area contributed by atoms with E-state index >= 15 is 0 Å². The molecule has 5 aliphatic carbocycles. The summed E-state index contributed by atoms with van der Waals surface area (Å²) < 4.78 is 32.4. The van der Waals surface area contributed by atoms with E-state index in [0.29, 0.717) is 57.4 Å². The topological polar surface area (TPSA) is 67.4 Å².